The van der Waals surface area contributed by atoms with Crippen molar-refractivity contribution in [2.24, 2.45) is 5.73 Å². The molecule has 0 bridgehead atoms. The Morgan fingerprint density at radius 2 is 1.94 bits per heavy atom. The summed E-state index contributed by atoms with van der Waals surface area (Å²) in [6, 6.07) is 2.76. The van der Waals surface area contributed by atoms with Crippen molar-refractivity contribution in [1.82, 2.24) is 4.90 Å². The molecular formula is C12H19FN2O. The predicted molar refractivity (Wildman–Crippen MR) is 62.8 cm³/mol. The van der Waals surface area contributed by atoms with Crippen LogP contribution in [0.4, 0.5) is 4.39 Å². The molecule has 0 aliphatic rings. The van der Waals surface area contributed by atoms with Gasteiger partial charge >= 0.3 is 0 Å². The summed E-state index contributed by atoms with van der Waals surface area (Å²) in [4.78, 5) is 1.89. The zero-order valence-electron chi connectivity index (χ0n) is 9.83. The Hall–Kier alpha value is -1.13. The van der Waals surface area contributed by atoms with Crippen LogP contribution in [-0.2, 0) is 13.0 Å². The number of rotatable bonds is 5. The molecule has 0 radical (unpaired) electrons. The van der Waals surface area contributed by atoms with Gasteiger partial charge in [-0.1, -0.05) is 0 Å². The van der Waals surface area contributed by atoms with Crippen LogP contribution in [0.1, 0.15) is 17.5 Å². The Labute approximate surface area is 95.7 Å². The van der Waals surface area contributed by atoms with E-state index in [0.717, 1.165) is 6.42 Å². The molecule has 1 aromatic rings. The van der Waals surface area contributed by atoms with Crippen molar-refractivity contribution < 1.29 is 9.50 Å². The van der Waals surface area contributed by atoms with E-state index in [2.05, 4.69) is 0 Å². The molecule has 0 aliphatic carbocycles. The Morgan fingerprint density at radius 1 is 1.31 bits per heavy atom. The number of aromatic hydroxyl groups is 1. The third kappa shape index (κ3) is 3.47. The smallest absolute Gasteiger partial charge is 0.124 e. The van der Waals surface area contributed by atoms with E-state index in [1.165, 1.54) is 12.1 Å². The zero-order chi connectivity index (χ0) is 12.1. The summed E-state index contributed by atoms with van der Waals surface area (Å²) >= 11 is 0. The maximum Gasteiger partial charge on any atom is 0.124 e. The maximum absolute atomic E-state index is 13.3. The van der Waals surface area contributed by atoms with Crippen molar-refractivity contribution in [3.8, 4) is 5.75 Å². The van der Waals surface area contributed by atoms with Crippen LogP contribution < -0.4 is 5.73 Å². The van der Waals surface area contributed by atoms with Crippen molar-refractivity contribution in [3.05, 3.63) is 29.1 Å². The molecule has 0 amide bonds. The molecule has 1 rings (SSSR count). The molecule has 0 heterocycles. The van der Waals surface area contributed by atoms with Gasteiger partial charge in [0.25, 0.3) is 0 Å². The van der Waals surface area contributed by atoms with Crippen molar-refractivity contribution in [1.29, 1.82) is 0 Å². The molecule has 0 fully saturated rings. The fraction of sp³-hybridized carbons (Fsp3) is 0.500. The summed E-state index contributed by atoms with van der Waals surface area (Å²) in [5.74, 6) is -0.106. The van der Waals surface area contributed by atoms with Gasteiger partial charge in [-0.15, -0.1) is 0 Å². The molecule has 1 aromatic carbocycles. The molecule has 0 unspecified atom stereocenters. The first-order valence-electron chi connectivity index (χ1n) is 5.39. The fourth-order valence-electron chi connectivity index (χ4n) is 1.66. The summed E-state index contributed by atoms with van der Waals surface area (Å²) in [7, 11) is 3.76. The van der Waals surface area contributed by atoms with E-state index in [1.807, 2.05) is 19.0 Å². The van der Waals surface area contributed by atoms with E-state index in [0.29, 0.717) is 30.6 Å². The van der Waals surface area contributed by atoms with Crippen LogP contribution in [0.5, 0.6) is 5.75 Å². The first-order chi connectivity index (χ1) is 7.54. The molecule has 3 N–H and O–H groups in total. The summed E-state index contributed by atoms with van der Waals surface area (Å²) in [6.45, 7) is 1.07. The zero-order valence-corrected chi connectivity index (χ0v) is 9.83. The van der Waals surface area contributed by atoms with E-state index in [4.69, 9.17) is 5.73 Å². The predicted octanol–water partition coefficient (Wildman–Crippen LogP) is 1.48. The van der Waals surface area contributed by atoms with Gasteiger partial charge < -0.3 is 15.7 Å². The molecule has 0 saturated carbocycles. The maximum atomic E-state index is 13.3. The van der Waals surface area contributed by atoms with Gasteiger partial charge in [0, 0.05) is 12.1 Å². The molecule has 3 nitrogen and oxygen atoms in total. The highest BCUT2D eigenvalue weighted by molar-refractivity contribution is 5.41. The van der Waals surface area contributed by atoms with Crippen LogP contribution in [-0.4, -0.2) is 30.6 Å². The minimum atomic E-state index is -0.304. The number of nitrogens with zero attached hydrogens (tertiary/aromatic N) is 1. The second kappa shape index (κ2) is 5.82. The summed E-state index contributed by atoms with van der Waals surface area (Å²) in [6.07, 6.45) is 1.36. The number of phenols is 1. The summed E-state index contributed by atoms with van der Waals surface area (Å²) in [5, 5.41) is 9.95. The molecule has 0 aliphatic heterocycles. The number of phenolic OH excluding ortho intramolecular Hbond substituents is 1. The van der Waals surface area contributed by atoms with Gasteiger partial charge in [-0.3, -0.25) is 0 Å². The van der Waals surface area contributed by atoms with E-state index in [1.54, 1.807) is 0 Å². The lowest BCUT2D eigenvalue weighted by atomic mass is 10.0. The number of hydrogen-bond donors (Lipinski definition) is 2. The largest absolute Gasteiger partial charge is 0.507 e. The highest BCUT2D eigenvalue weighted by Crippen LogP contribution is 2.26. The van der Waals surface area contributed by atoms with Gasteiger partial charge in [-0.2, -0.15) is 0 Å². The lowest BCUT2D eigenvalue weighted by Gasteiger charge is -2.14. The molecular weight excluding hydrogens is 207 g/mol. The number of aryl methyl sites for hydroxylation is 1. The van der Waals surface area contributed by atoms with Gasteiger partial charge in [0.2, 0.25) is 0 Å². The van der Waals surface area contributed by atoms with Gasteiger partial charge in [0.15, 0.2) is 0 Å². The average Bonchev–Trinajstić information content (AvgIpc) is 2.20. The lowest BCUT2D eigenvalue weighted by Crippen LogP contribution is -2.11. The SMILES string of the molecule is CN(C)Cc1cc(F)cc(CCCN)c1O. The third-order valence-electron chi connectivity index (χ3n) is 2.37. The van der Waals surface area contributed by atoms with Crippen LogP contribution in [0.15, 0.2) is 12.1 Å². The minimum Gasteiger partial charge on any atom is -0.507 e. The number of halogens is 1. The Morgan fingerprint density at radius 3 is 2.50 bits per heavy atom. The van der Waals surface area contributed by atoms with Crippen LogP contribution in [0.2, 0.25) is 0 Å². The summed E-state index contributed by atoms with van der Waals surface area (Å²) < 4.78 is 13.3. The standard InChI is InChI=1S/C12H19FN2O/c1-15(2)8-10-7-11(13)6-9(12(10)16)4-3-5-14/h6-7,16H,3-5,8,14H2,1-2H3. The third-order valence-corrected chi connectivity index (χ3v) is 2.37. The van der Waals surface area contributed by atoms with Gasteiger partial charge in [-0.05, 0) is 51.2 Å². The minimum absolute atomic E-state index is 0.198. The van der Waals surface area contributed by atoms with E-state index in [-0.39, 0.29) is 11.6 Å². The van der Waals surface area contributed by atoms with Crippen LogP contribution in [0, 0.1) is 5.82 Å². The summed E-state index contributed by atoms with van der Waals surface area (Å²) in [5.41, 5.74) is 6.66. The van der Waals surface area contributed by atoms with Crippen LogP contribution in [0.3, 0.4) is 0 Å². The van der Waals surface area contributed by atoms with Gasteiger partial charge in [0.05, 0.1) is 0 Å². The van der Waals surface area contributed by atoms with E-state index in [9.17, 15) is 9.50 Å². The van der Waals surface area contributed by atoms with Crippen molar-refractivity contribution in [2.75, 3.05) is 20.6 Å². The first kappa shape index (κ1) is 12.9. The molecule has 90 valence electrons. The Balaban J connectivity index is 2.95. The van der Waals surface area contributed by atoms with Crippen LogP contribution >= 0.6 is 0 Å². The van der Waals surface area contributed by atoms with Crippen molar-refractivity contribution in [2.45, 2.75) is 19.4 Å². The number of hydrogen-bond acceptors (Lipinski definition) is 3. The van der Waals surface area contributed by atoms with Crippen molar-refractivity contribution in [3.63, 3.8) is 0 Å². The first-order valence-corrected chi connectivity index (χ1v) is 5.39. The Kier molecular flexibility index (Phi) is 4.71. The highest BCUT2D eigenvalue weighted by Gasteiger charge is 2.10. The molecule has 0 atom stereocenters. The van der Waals surface area contributed by atoms with Crippen molar-refractivity contribution >= 4 is 0 Å². The molecule has 0 aromatic heterocycles. The average molecular weight is 226 g/mol. The molecule has 0 spiro atoms. The fourth-order valence-corrected chi connectivity index (χ4v) is 1.66. The molecule has 4 heteroatoms. The number of nitrogens with two attached hydrogens (primary N) is 1. The Bertz CT molecular complexity index is 353. The highest BCUT2D eigenvalue weighted by atomic mass is 19.1. The van der Waals surface area contributed by atoms with E-state index < -0.39 is 0 Å². The molecule has 0 saturated heterocycles. The number of benzene rings is 1. The quantitative estimate of drug-likeness (QED) is 0.799. The second-order valence-electron chi connectivity index (χ2n) is 4.20. The normalized spacial score (nSPS) is 11.1. The monoisotopic (exact) mass is 226 g/mol. The van der Waals surface area contributed by atoms with Gasteiger partial charge in [0.1, 0.15) is 11.6 Å². The second-order valence-corrected chi connectivity index (χ2v) is 4.20. The van der Waals surface area contributed by atoms with E-state index >= 15 is 0 Å². The van der Waals surface area contributed by atoms with Gasteiger partial charge in [-0.25, -0.2) is 4.39 Å². The molecule has 16 heavy (non-hydrogen) atoms. The topological polar surface area (TPSA) is 49.5 Å². The van der Waals surface area contributed by atoms with Crippen LogP contribution in [0.25, 0.3) is 0 Å². The lowest BCUT2D eigenvalue weighted by molar-refractivity contribution is 0.382.